The summed E-state index contributed by atoms with van der Waals surface area (Å²) in [6, 6.07) is 46.3. The smallest absolute Gasteiger partial charge is 0.252 e. The van der Waals surface area contributed by atoms with Crippen LogP contribution in [0.15, 0.2) is 143 Å². The van der Waals surface area contributed by atoms with E-state index in [4.69, 9.17) is 0 Å². The van der Waals surface area contributed by atoms with Crippen molar-refractivity contribution in [1.29, 1.82) is 0 Å². The molecule has 192 valence electrons. The second kappa shape index (κ2) is 8.63. The van der Waals surface area contributed by atoms with E-state index in [0.29, 0.717) is 0 Å². The molecule has 0 radical (unpaired) electrons. The van der Waals surface area contributed by atoms with Gasteiger partial charge in [-0.25, -0.2) is 4.39 Å². The van der Waals surface area contributed by atoms with Crippen molar-refractivity contribution in [2.75, 3.05) is 9.80 Å². The number of hydrogen-bond donors (Lipinski definition) is 0. The van der Waals surface area contributed by atoms with Gasteiger partial charge in [0.2, 0.25) is 0 Å². The van der Waals surface area contributed by atoms with Gasteiger partial charge in [-0.15, -0.1) is 0 Å². The molecule has 9 rings (SSSR count). The summed E-state index contributed by atoms with van der Waals surface area (Å²) < 4.78 is 14.0. The van der Waals surface area contributed by atoms with Gasteiger partial charge in [0.15, 0.2) is 0 Å². The minimum atomic E-state index is -0.228. The third-order valence-electron chi connectivity index (χ3n) is 8.48. The van der Waals surface area contributed by atoms with Crippen molar-refractivity contribution in [3.05, 3.63) is 139 Å². The van der Waals surface area contributed by atoms with Crippen LogP contribution in [0.3, 0.4) is 0 Å². The highest BCUT2D eigenvalue weighted by Crippen LogP contribution is 2.54. The topological polar surface area (TPSA) is 6.48 Å². The van der Waals surface area contributed by atoms with E-state index >= 15 is 0 Å². The van der Waals surface area contributed by atoms with E-state index in [2.05, 4.69) is 119 Å². The van der Waals surface area contributed by atoms with Crippen LogP contribution in [-0.4, -0.2) is 6.71 Å². The molecule has 6 aromatic carbocycles. The number of hydrogen-bond acceptors (Lipinski definition) is 3. The Morgan fingerprint density at radius 2 is 1.17 bits per heavy atom. The first kappa shape index (κ1) is 23.0. The molecule has 0 aromatic heterocycles. The Morgan fingerprint density at radius 3 is 2.00 bits per heavy atom. The number of para-hydroxylation sites is 4. The van der Waals surface area contributed by atoms with Gasteiger partial charge in [-0.3, -0.25) is 0 Å². The normalized spacial score (nSPS) is 13.7. The lowest BCUT2D eigenvalue weighted by molar-refractivity contribution is 0.628. The Kier molecular flexibility index (Phi) is 4.84. The average Bonchev–Trinajstić information content (AvgIpc) is 3.02. The number of halogens is 1. The fourth-order valence-corrected chi connectivity index (χ4v) is 7.91. The monoisotopic (exact) mass is 544 g/mol. The van der Waals surface area contributed by atoms with E-state index in [9.17, 15) is 4.39 Å². The van der Waals surface area contributed by atoms with Gasteiger partial charge in [0.25, 0.3) is 6.71 Å². The minimum Gasteiger partial charge on any atom is -0.311 e. The highest BCUT2D eigenvalue weighted by atomic mass is 32.2. The Balaban J connectivity index is 1.43. The zero-order valence-corrected chi connectivity index (χ0v) is 22.8. The van der Waals surface area contributed by atoms with Gasteiger partial charge < -0.3 is 9.80 Å². The van der Waals surface area contributed by atoms with Gasteiger partial charge >= 0.3 is 0 Å². The van der Waals surface area contributed by atoms with Crippen LogP contribution in [0, 0.1) is 5.82 Å². The molecule has 0 amide bonds. The van der Waals surface area contributed by atoms with Crippen molar-refractivity contribution in [2.24, 2.45) is 0 Å². The standard InChI is InChI=1S/C36H22BFN2S/c38-25-19-17-23(18-20-25)24-21-31-35-32(22-24)40-30-14-6-7-15-33(30)41-34-16-8-12-28(36(34)40)37(35)27-11-4-5-13-29(27)39(31)26-9-2-1-3-10-26/h1-22H. The van der Waals surface area contributed by atoms with Crippen LogP contribution >= 0.6 is 11.8 Å². The molecular formula is C36H22BFN2S. The Bertz CT molecular complexity index is 2010. The molecule has 0 saturated heterocycles. The lowest BCUT2D eigenvalue weighted by Crippen LogP contribution is -2.61. The molecule has 41 heavy (non-hydrogen) atoms. The number of nitrogens with zero attached hydrogens (tertiary/aromatic N) is 2. The van der Waals surface area contributed by atoms with Crippen molar-refractivity contribution < 1.29 is 4.39 Å². The maximum absolute atomic E-state index is 14.0. The molecule has 5 heteroatoms. The SMILES string of the molecule is Fc1ccc(-c2cc3c4c(c2)N2c5ccccc5Sc5cccc(c52)B4c2ccccc2N3c2ccccc2)cc1. The second-order valence-corrected chi connectivity index (χ2v) is 11.8. The maximum atomic E-state index is 14.0. The summed E-state index contributed by atoms with van der Waals surface area (Å²) in [5.74, 6) is -0.228. The number of rotatable bonds is 2. The molecule has 0 spiro atoms. The molecule has 3 heterocycles. The number of benzene rings is 6. The predicted molar refractivity (Wildman–Crippen MR) is 170 cm³/mol. The molecule has 0 fully saturated rings. The maximum Gasteiger partial charge on any atom is 0.252 e. The highest BCUT2D eigenvalue weighted by Gasteiger charge is 2.45. The molecular weight excluding hydrogens is 522 g/mol. The molecule has 0 aliphatic carbocycles. The van der Waals surface area contributed by atoms with Crippen molar-refractivity contribution in [1.82, 2.24) is 0 Å². The van der Waals surface area contributed by atoms with Gasteiger partial charge in [0.1, 0.15) is 5.82 Å². The first-order chi connectivity index (χ1) is 20.3. The molecule has 0 unspecified atom stereocenters. The molecule has 6 aromatic rings. The van der Waals surface area contributed by atoms with E-state index < -0.39 is 0 Å². The fraction of sp³-hybridized carbons (Fsp3) is 0. The third-order valence-corrected chi connectivity index (χ3v) is 9.59. The van der Waals surface area contributed by atoms with Gasteiger partial charge in [-0.05, 0) is 88.2 Å². The fourth-order valence-electron chi connectivity index (χ4n) is 6.81. The molecule has 0 bridgehead atoms. The largest absolute Gasteiger partial charge is 0.311 e. The van der Waals surface area contributed by atoms with Crippen molar-refractivity contribution >= 4 is 69.0 Å². The summed E-state index contributed by atoms with van der Waals surface area (Å²) in [5.41, 5.74) is 13.1. The quantitative estimate of drug-likeness (QED) is 0.204. The van der Waals surface area contributed by atoms with E-state index in [1.54, 1.807) is 12.1 Å². The van der Waals surface area contributed by atoms with Crippen molar-refractivity contribution in [2.45, 2.75) is 9.79 Å². The lowest BCUT2D eigenvalue weighted by Gasteiger charge is -2.46. The number of fused-ring (bicyclic) bond motifs is 6. The summed E-state index contributed by atoms with van der Waals surface area (Å²) >= 11 is 1.85. The van der Waals surface area contributed by atoms with E-state index in [-0.39, 0.29) is 12.5 Å². The number of anilines is 6. The van der Waals surface area contributed by atoms with Crippen LogP contribution in [0.1, 0.15) is 0 Å². The molecule has 0 saturated carbocycles. The van der Waals surface area contributed by atoms with Crippen molar-refractivity contribution in [3.8, 4) is 11.1 Å². The van der Waals surface area contributed by atoms with Gasteiger partial charge in [0.05, 0.1) is 11.4 Å². The molecule has 3 aliphatic rings. The highest BCUT2D eigenvalue weighted by molar-refractivity contribution is 7.99. The van der Waals surface area contributed by atoms with Gasteiger partial charge in [-0.2, -0.15) is 0 Å². The second-order valence-electron chi connectivity index (χ2n) is 10.7. The van der Waals surface area contributed by atoms with Crippen LogP contribution in [0.4, 0.5) is 38.5 Å². The molecule has 0 N–H and O–H groups in total. The van der Waals surface area contributed by atoms with E-state index in [1.165, 1.54) is 48.9 Å². The first-order valence-electron chi connectivity index (χ1n) is 13.8. The summed E-state index contributed by atoms with van der Waals surface area (Å²) in [6.45, 7) is 0.0930. The van der Waals surface area contributed by atoms with Crippen LogP contribution in [0.2, 0.25) is 0 Å². The van der Waals surface area contributed by atoms with Crippen LogP contribution in [0.5, 0.6) is 0 Å². The molecule has 0 atom stereocenters. The summed E-state index contributed by atoms with van der Waals surface area (Å²) in [6.07, 6.45) is 0. The van der Waals surface area contributed by atoms with Crippen LogP contribution in [0.25, 0.3) is 11.1 Å². The third kappa shape index (κ3) is 3.27. The van der Waals surface area contributed by atoms with Crippen molar-refractivity contribution in [3.63, 3.8) is 0 Å². The molecule has 2 nitrogen and oxygen atoms in total. The first-order valence-corrected chi connectivity index (χ1v) is 14.7. The van der Waals surface area contributed by atoms with E-state index in [1.807, 2.05) is 23.9 Å². The minimum absolute atomic E-state index is 0.0930. The molecule has 3 aliphatic heterocycles. The summed E-state index contributed by atoms with van der Waals surface area (Å²) in [7, 11) is 0. The van der Waals surface area contributed by atoms with Crippen LogP contribution < -0.4 is 26.2 Å². The predicted octanol–water partition coefficient (Wildman–Crippen LogP) is 8.04. The Labute approximate surface area is 242 Å². The summed E-state index contributed by atoms with van der Waals surface area (Å²) in [4.78, 5) is 7.38. The average molecular weight is 544 g/mol. The Morgan fingerprint density at radius 1 is 0.512 bits per heavy atom. The lowest BCUT2D eigenvalue weighted by atomic mass is 9.33. The Hall–Kier alpha value is -4.74. The van der Waals surface area contributed by atoms with Crippen LogP contribution in [-0.2, 0) is 0 Å². The van der Waals surface area contributed by atoms with E-state index in [0.717, 1.165) is 22.5 Å². The summed E-state index contributed by atoms with van der Waals surface area (Å²) in [5, 5.41) is 0. The van der Waals surface area contributed by atoms with Gasteiger partial charge in [0, 0.05) is 32.5 Å². The van der Waals surface area contributed by atoms with Gasteiger partial charge in [-0.1, -0.05) is 84.6 Å². The zero-order chi connectivity index (χ0) is 27.1. The zero-order valence-electron chi connectivity index (χ0n) is 22.0.